The first-order valence-electron chi connectivity index (χ1n) is 11.4. The van der Waals surface area contributed by atoms with Crippen molar-refractivity contribution in [2.24, 2.45) is 5.92 Å². The Hall–Kier alpha value is -3.72. The summed E-state index contributed by atoms with van der Waals surface area (Å²) in [4.78, 5) is 28.7. The molecule has 1 aliphatic heterocycles. The van der Waals surface area contributed by atoms with Crippen molar-refractivity contribution in [3.63, 3.8) is 0 Å². The first-order valence-corrected chi connectivity index (χ1v) is 12.2. The van der Waals surface area contributed by atoms with Crippen LogP contribution in [-0.2, 0) is 0 Å². The van der Waals surface area contributed by atoms with E-state index in [1.54, 1.807) is 37.4 Å². The zero-order valence-electron chi connectivity index (χ0n) is 19.9. The highest BCUT2D eigenvalue weighted by molar-refractivity contribution is 7.15. The molecule has 0 unspecified atom stereocenters. The molecule has 1 atom stereocenters. The molecule has 0 radical (unpaired) electrons. The molecule has 3 heterocycles. The van der Waals surface area contributed by atoms with Gasteiger partial charge in [0, 0.05) is 0 Å². The quantitative estimate of drug-likeness (QED) is 0.353. The Balaban J connectivity index is 1.66. The molecule has 1 amide bonds. The topological polar surface area (TPSA) is 94.8 Å². The Kier molecular flexibility index (Phi) is 6.02. The SMILES string of the molecule is COc1cc([C@@H]2c3c(oc4ccccc4c3=O)C(=O)N2c2nnc(C)s2)ccc1OCCC(C)C. The van der Waals surface area contributed by atoms with Crippen LogP contribution in [0, 0.1) is 12.8 Å². The maximum atomic E-state index is 13.6. The molecule has 0 aliphatic carbocycles. The van der Waals surface area contributed by atoms with Crippen molar-refractivity contribution in [2.45, 2.75) is 33.2 Å². The van der Waals surface area contributed by atoms with Gasteiger partial charge in [0.2, 0.25) is 10.9 Å². The second-order valence-corrected chi connectivity index (χ2v) is 9.95. The van der Waals surface area contributed by atoms with E-state index >= 15 is 0 Å². The Bertz CT molecular complexity index is 1480. The average molecular weight is 492 g/mol. The summed E-state index contributed by atoms with van der Waals surface area (Å²) < 4.78 is 17.5. The van der Waals surface area contributed by atoms with Crippen molar-refractivity contribution >= 4 is 33.3 Å². The number of para-hydroxylation sites is 1. The van der Waals surface area contributed by atoms with Gasteiger partial charge in [-0.15, -0.1) is 10.2 Å². The van der Waals surface area contributed by atoms with Gasteiger partial charge in [-0.2, -0.15) is 0 Å². The zero-order chi connectivity index (χ0) is 24.7. The molecule has 5 rings (SSSR count). The Labute approximate surface area is 206 Å². The summed E-state index contributed by atoms with van der Waals surface area (Å²) in [5.74, 6) is 1.22. The summed E-state index contributed by atoms with van der Waals surface area (Å²) in [6.45, 7) is 6.65. The number of carbonyl (C=O) groups excluding carboxylic acids is 1. The molecule has 9 heteroatoms. The maximum absolute atomic E-state index is 13.6. The highest BCUT2D eigenvalue weighted by Crippen LogP contribution is 2.43. The Morgan fingerprint density at radius 2 is 1.91 bits per heavy atom. The van der Waals surface area contributed by atoms with E-state index in [1.165, 1.54) is 16.2 Å². The fourth-order valence-electron chi connectivity index (χ4n) is 4.19. The van der Waals surface area contributed by atoms with Gasteiger partial charge in [0.25, 0.3) is 5.91 Å². The number of rotatable bonds is 7. The van der Waals surface area contributed by atoms with Crippen LogP contribution in [0.3, 0.4) is 0 Å². The normalized spacial score (nSPS) is 15.2. The van der Waals surface area contributed by atoms with E-state index < -0.39 is 11.9 Å². The van der Waals surface area contributed by atoms with E-state index in [9.17, 15) is 9.59 Å². The Morgan fingerprint density at radius 3 is 2.63 bits per heavy atom. The average Bonchev–Trinajstić information content (AvgIpc) is 3.40. The molecule has 8 nitrogen and oxygen atoms in total. The molecule has 180 valence electrons. The molecule has 4 aromatic rings. The first-order chi connectivity index (χ1) is 16.9. The molecule has 0 saturated heterocycles. The number of nitrogens with zero attached hydrogens (tertiary/aromatic N) is 3. The fourth-order valence-corrected chi connectivity index (χ4v) is 4.91. The maximum Gasteiger partial charge on any atom is 0.297 e. The third kappa shape index (κ3) is 4.05. The number of fused-ring (bicyclic) bond motifs is 2. The molecule has 0 spiro atoms. The molecule has 35 heavy (non-hydrogen) atoms. The van der Waals surface area contributed by atoms with Gasteiger partial charge in [0.05, 0.1) is 30.7 Å². The van der Waals surface area contributed by atoms with Crippen LogP contribution in [0.1, 0.15) is 53.0 Å². The van der Waals surface area contributed by atoms with Crippen molar-refractivity contribution in [3.8, 4) is 11.5 Å². The fraction of sp³-hybridized carbons (Fsp3) is 0.308. The summed E-state index contributed by atoms with van der Waals surface area (Å²) in [6, 6.07) is 11.6. The predicted octanol–water partition coefficient (Wildman–Crippen LogP) is 5.14. The number of ether oxygens (including phenoxy) is 2. The standard InChI is InChI=1S/C26H25N3O5S/c1-14(2)11-12-33-19-10-9-16(13-20(19)32-4)22-21-23(30)17-7-5-6-8-18(17)34-24(21)25(31)29(22)26-28-27-15(3)35-26/h5-10,13-14,22H,11-12H2,1-4H3/t22-/m1/s1. The van der Waals surface area contributed by atoms with E-state index in [-0.39, 0.29) is 16.8 Å². The lowest BCUT2D eigenvalue weighted by Gasteiger charge is -2.23. The molecular weight excluding hydrogens is 466 g/mol. The van der Waals surface area contributed by atoms with Crippen LogP contribution in [0.4, 0.5) is 5.13 Å². The lowest BCUT2D eigenvalue weighted by atomic mass is 9.98. The Morgan fingerprint density at radius 1 is 1.11 bits per heavy atom. The second kappa shape index (κ2) is 9.14. The van der Waals surface area contributed by atoms with Crippen LogP contribution >= 0.6 is 11.3 Å². The van der Waals surface area contributed by atoms with Crippen LogP contribution < -0.4 is 19.8 Å². The number of carbonyl (C=O) groups is 1. The number of methoxy groups -OCH3 is 1. The van der Waals surface area contributed by atoms with E-state index in [0.29, 0.717) is 50.7 Å². The monoisotopic (exact) mass is 491 g/mol. The number of aryl methyl sites for hydroxylation is 1. The van der Waals surface area contributed by atoms with Crippen molar-refractivity contribution in [2.75, 3.05) is 18.6 Å². The zero-order valence-corrected chi connectivity index (χ0v) is 20.7. The van der Waals surface area contributed by atoms with Crippen molar-refractivity contribution < 1.29 is 18.7 Å². The van der Waals surface area contributed by atoms with E-state index in [0.717, 1.165) is 6.42 Å². The minimum absolute atomic E-state index is 0.0165. The molecule has 1 aliphatic rings. The van der Waals surface area contributed by atoms with Crippen LogP contribution in [-0.4, -0.2) is 29.8 Å². The molecule has 0 fully saturated rings. The molecule has 2 aromatic carbocycles. The third-order valence-electron chi connectivity index (χ3n) is 5.96. The summed E-state index contributed by atoms with van der Waals surface area (Å²) in [5, 5.41) is 9.79. The molecule has 2 aromatic heterocycles. The number of hydrogen-bond acceptors (Lipinski definition) is 8. The van der Waals surface area contributed by atoms with Gasteiger partial charge >= 0.3 is 0 Å². The highest BCUT2D eigenvalue weighted by atomic mass is 32.1. The third-order valence-corrected chi connectivity index (χ3v) is 6.79. The summed E-state index contributed by atoms with van der Waals surface area (Å²) in [5.41, 5.74) is 1.07. The van der Waals surface area contributed by atoms with E-state index in [2.05, 4.69) is 24.0 Å². The lowest BCUT2D eigenvalue weighted by molar-refractivity contribution is 0.0970. The van der Waals surface area contributed by atoms with Gasteiger partial charge in [-0.3, -0.25) is 14.5 Å². The highest BCUT2D eigenvalue weighted by Gasteiger charge is 2.45. The lowest BCUT2D eigenvalue weighted by Crippen LogP contribution is -2.29. The smallest absolute Gasteiger partial charge is 0.297 e. The van der Waals surface area contributed by atoms with Crippen molar-refractivity contribution in [3.05, 3.63) is 74.6 Å². The summed E-state index contributed by atoms with van der Waals surface area (Å²) >= 11 is 1.28. The van der Waals surface area contributed by atoms with Gasteiger partial charge in [-0.05, 0) is 49.1 Å². The van der Waals surface area contributed by atoms with Gasteiger partial charge in [-0.1, -0.05) is 43.4 Å². The van der Waals surface area contributed by atoms with E-state index in [4.69, 9.17) is 13.9 Å². The number of aromatic nitrogens is 2. The van der Waals surface area contributed by atoms with E-state index in [1.807, 2.05) is 19.1 Å². The summed E-state index contributed by atoms with van der Waals surface area (Å²) in [6.07, 6.45) is 0.910. The first kappa shape index (κ1) is 23.0. The van der Waals surface area contributed by atoms with Gasteiger partial charge < -0.3 is 13.9 Å². The number of anilines is 1. The molecule has 0 N–H and O–H groups in total. The second-order valence-electron chi connectivity index (χ2n) is 8.79. The molecule has 0 saturated carbocycles. The van der Waals surface area contributed by atoms with Crippen molar-refractivity contribution in [1.82, 2.24) is 10.2 Å². The minimum Gasteiger partial charge on any atom is -0.493 e. The van der Waals surface area contributed by atoms with Gasteiger partial charge in [0.15, 0.2) is 16.9 Å². The number of amides is 1. The minimum atomic E-state index is -0.746. The van der Waals surface area contributed by atoms with Crippen molar-refractivity contribution in [1.29, 1.82) is 0 Å². The molecular formula is C26H25N3O5S. The number of benzene rings is 2. The van der Waals surface area contributed by atoms with Crippen LogP contribution in [0.2, 0.25) is 0 Å². The molecule has 0 bridgehead atoms. The summed E-state index contributed by atoms with van der Waals surface area (Å²) in [7, 11) is 1.57. The van der Waals surface area contributed by atoms with Crippen LogP contribution in [0.5, 0.6) is 11.5 Å². The number of hydrogen-bond donors (Lipinski definition) is 0. The largest absolute Gasteiger partial charge is 0.493 e. The van der Waals surface area contributed by atoms with Gasteiger partial charge in [-0.25, -0.2) is 0 Å². The van der Waals surface area contributed by atoms with Gasteiger partial charge in [0.1, 0.15) is 10.6 Å². The van der Waals surface area contributed by atoms with Crippen LogP contribution in [0.15, 0.2) is 51.7 Å². The van der Waals surface area contributed by atoms with Crippen LogP contribution in [0.25, 0.3) is 11.0 Å². The predicted molar refractivity (Wildman–Crippen MR) is 134 cm³/mol.